The summed E-state index contributed by atoms with van der Waals surface area (Å²) in [5.41, 5.74) is 1.01. The molecule has 1 unspecified atom stereocenters. The van der Waals surface area contributed by atoms with E-state index in [0.717, 1.165) is 5.56 Å². The lowest BCUT2D eigenvalue weighted by Crippen LogP contribution is -2.18. The lowest BCUT2D eigenvalue weighted by Gasteiger charge is -2.06. The number of benzene rings is 1. The quantitative estimate of drug-likeness (QED) is 0.518. The van der Waals surface area contributed by atoms with Crippen molar-refractivity contribution in [2.24, 2.45) is 0 Å². The van der Waals surface area contributed by atoms with Crippen LogP contribution in [-0.4, -0.2) is 17.9 Å². The summed E-state index contributed by atoms with van der Waals surface area (Å²) in [6, 6.07) is 9.54. The van der Waals surface area contributed by atoms with Gasteiger partial charge in [0.25, 0.3) is 0 Å². The van der Waals surface area contributed by atoms with Gasteiger partial charge in [0.2, 0.25) is 0 Å². The topological polar surface area (TPSA) is 43.4 Å². The second kappa shape index (κ2) is 3.62. The summed E-state index contributed by atoms with van der Waals surface area (Å²) < 4.78 is 4.89. The Kier molecular flexibility index (Phi) is 2.31. The normalized spacial score (nSPS) is 21.0. The Bertz CT molecular complexity index is 356. The van der Waals surface area contributed by atoms with E-state index in [-0.39, 0.29) is 12.2 Å². The van der Waals surface area contributed by atoms with Gasteiger partial charge in [0.15, 0.2) is 11.9 Å². The highest BCUT2D eigenvalue weighted by Crippen LogP contribution is 2.14. The smallest absolute Gasteiger partial charge is 0.314 e. The third-order valence-electron chi connectivity index (χ3n) is 2.22. The number of hydrogen-bond acceptors (Lipinski definition) is 3. The first-order valence-electron chi connectivity index (χ1n) is 4.52. The van der Waals surface area contributed by atoms with Crippen LogP contribution in [0.1, 0.15) is 12.0 Å². The molecular formula is C11H10O3. The fraction of sp³-hybridized carbons (Fsp3) is 0.273. The van der Waals surface area contributed by atoms with E-state index in [1.54, 1.807) is 0 Å². The molecule has 0 aromatic heterocycles. The predicted molar refractivity (Wildman–Crippen MR) is 49.7 cm³/mol. The first kappa shape index (κ1) is 8.94. The molecule has 0 saturated carbocycles. The molecule has 1 fully saturated rings. The van der Waals surface area contributed by atoms with Crippen molar-refractivity contribution in [3.8, 4) is 0 Å². The summed E-state index contributed by atoms with van der Waals surface area (Å²) in [6.45, 7) is 0. The molecular weight excluding hydrogens is 180 g/mol. The number of hydrogen-bond donors (Lipinski definition) is 0. The molecule has 1 heterocycles. The Labute approximate surface area is 81.7 Å². The SMILES string of the molecule is O=C1CC(=O)C(Cc2ccccc2)O1. The molecule has 1 aromatic rings. The van der Waals surface area contributed by atoms with Gasteiger partial charge < -0.3 is 4.74 Å². The van der Waals surface area contributed by atoms with Crippen LogP contribution in [-0.2, 0) is 20.7 Å². The monoisotopic (exact) mass is 190 g/mol. The standard InChI is InChI=1S/C11H10O3/c12-9-7-11(13)14-10(9)6-8-4-2-1-3-5-8/h1-5,10H,6-7H2. The zero-order valence-corrected chi connectivity index (χ0v) is 7.60. The molecule has 0 radical (unpaired) electrons. The summed E-state index contributed by atoms with van der Waals surface area (Å²) in [4.78, 5) is 22.1. The maximum Gasteiger partial charge on any atom is 0.314 e. The van der Waals surface area contributed by atoms with Crippen molar-refractivity contribution in [3.63, 3.8) is 0 Å². The summed E-state index contributed by atoms with van der Waals surface area (Å²) in [5, 5.41) is 0. The van der Waals surface area contributed by atoms with Crippen LogP contribution in [0.5, 0.6) is 0 Å². The highest BCUT2D eigenvalue weighted by atomic mass is 16.6. The first-order valence-corrected chi connectivity index (χ1v) is 4.52. The van der Waals surface area contributed by atoms with E-state index in [1.165, 1.54) is 0 Å². The Morgan fingerprint density at radius 2 is 1.93 bits per heavy atom. The third-order valence-corrected chi connectivity index (χ3v) is 2.22. The number of Topliss-reactive ketones (excluding diaryl/α,β-unsaturated/α-hetero) is 1. The second-order valence-electron chi connectivity index (χ2n) is 3.31. The maximum atomic E-state index is 11.2. The van der Waals surface area contributed by atoms with Gasteiger partial charge in [-0.05, 0) is 5.56 Å². The number of ketones is 1. The number of carbonyl (C=O) groups excluding carboxylic acids is 2. The van der Waals surface area contributed by atoms with E-state index in [4.69, 9.17) is 4.74 Å². The van der Waals surface area contributed by atoms with E-state index in [2.05, 4.69) is 0 Å². The van der Waals surface area contributed by atoms with Crippen LogP contribution in [0, 0.1) is 0 Å². The lowest BCUT2D eigenvalue weighted by molar-refractivity contribution is -0.142. The highest BCUT2D eigenvalue weighted by Gasteiger charge is 2.32. The molecule has 0 aliphatic carbocycles. The zero-order valence-electron chi connectivity index (χ0n) is 7.60. The summed E-state index contributed by atoms with van der Waals surface area (Å²) in [6.07, 6.45) is -0.145. The van der Waals surface area contributed by atoms with Gasteiger partial charge in [-0.3, -0.25) is 9.59 Å². The van der Waals surface area contributed by atoms with Crippen LogP contribution in [0.2, 0.25) is 0 Å². The zero-order chi connectivity index (χ0) is 9.97. The van der Waals surface area contributed by atoms with Crippen LogP contribution in [0.3, 0.4) is 0 Å². The highest BCUT2D eigenvalue weighted by molar-refractivity contribution is 6.03. The van der Waals surface area contributed by atoms with E-state index >= 15 is 0 Å². The lowest BCUT2D eigenvalue weighted by atomic mass is 10.1. The van der Waals surface area contributed by atoms with Crippen molar-refractivity contribution < 1.29 is 14.3 Å². The van der Waals surface area contributed by atoms with Crippen LogP contribution in [0.15, 0.2) is 30.3 Å². The van der Waals surface area contributed by atoms with Crippen molar-refractivity contribution in [2.45, 2.75) is 18.9 Å². The van der Waals surface area contributed by atoms with Crippen LogP contribution in [0.4, 0.5) is 0 Å². The molecule has 0 spiro atoms. The number of esters is 1. The van der Waals surface area contributed by atoms with Gasteiger partial charge in [0.1, 0.15) is 6.42 Å². The fourth-order valence-electron chi connectivity index (χ4n) is 1.51. The van der Waals surface area contributed by atoms with Gasteiger partial charge in [-0.1, -0.05) is 30.3 Å². The molecule has 3 heteroatoms. The number of ether oxygens (including phenoxy) is 1. The van der Waals surface area contributed by atoms with Crippen molar-refractivity contribution in [2.75, 3.05) is 0 Å². The first-order chi connectivity index (χ1) is 6.75. The van der Waals surface area contributed by atoms with E-state index < -0.39 is 12.1 Å². The number of rotatable bonds is 2. The molecule has 1 aromatic carbocycles. The minimum Gasteiger partial charge on any atom is -0.454 e. The summed E-state index contributed by atoms with van der Waals surface area (Å²) in [5.74, 6) is -0.519. The molecule has 3 nitrogen and oxygen atoms in total. The molecule has 1 atom stereocenters. The van der Waals surface area contributed by atoms with Gasteiger partial charge in [-0.25, -0.2) is 0 Å². The van der Waals surface area contributed by atoms with Crippen molar-refractivity contribution in [1.29, 1.82) is 0 Å². The fourth-order valence-corrected chi connectivity index (χ4v) is 1.51. The molecule has 2 rings (SSSR count). The minimum atomic E-state index is -0.565. The van der Waals surface area contributed by atoms with Gasteiger partial charge in [-0.2, -0.15) is 0 Å². The van der Waals surface area contributed by atoms with Gasteiger partial charge in [0, 0.05) is 6.42 Å². The molecule has 0 bridgehead atoms. The summed E-state index contributed by atoms with van der Waals surface area (Å²) in [7, 11) is 0. The van der Waals surface area contributed by atoms with Crippen molar-refractivity contribution in [1.82, 2.24) is 0 Å². The van der Waals surface area contributed by atoms with E-state index in [9.17, 15) is 9.59 Å². The summed E-state index contributed by atoms with van der Waals surface area (Å²) >= 11 is 0. The van der Waals surface area contributed by atoms with Crippen LogP contribution in [0.25, 0.3) is 0 Å². The largest absolute Gasteiger partial charge is 0.454 e. The minimum absolute atomic E-state index is 0.0719. The predicted octanol–water partition coefficient (Wildman–Crippen LogP) is 1.11. The molecule has 1 aliphatic rings. The molecule has 14 heavy (non-hydrogen) atoms. The van der Waals surface area contributed by atoms with Crippen LogP contribution >= 0.6 is 0 Å². The Morgan fingerprint density at radius 1 is 1.21 bits per heavy atom. The Morgan fingerprint density at radius 3 is 2.50 bits per heavy atom. The second-order valence-corrected chi connectivity index (χ2v) is 3.31. The van der Waals surface area contributed by atoms with Crippen LogP contribution < -0.4 is 0 Å². The van der Waals surface area contributed by atoms with E-state index in [1.807, 2.05) is 30.3 Å². The number of cyclic esters (lactones) is 1. The molecule has 72 valence electrons. The molecule has 0 N–H and O–H groups in total. The van der Waals surface area contributed by atoms with Crippen molar-refractivity contribution >= 4 is 11.8 Å². The number of carbonyl (C=O) groups is 2. The Hall–Kier alpha value is -1.64. The van der Waals surface area contributed by atoms with Gasteiger partial charge in [0.05, 0.1) is 0 Å². The molecule has 1 saturated heterocycles. The Balaban J connectivity index is 2.05. The maximum absolute atomic E-state index is 11.2. The van der Waals surface area contributed by atoms with Crippen molar-refractivity contribution in [3.05, 3.63) is 35.9 Å². The van der Waals surface area contributed by atoms with Gasteiger partial charge >= 0.3 is 5.97 Å². The average Bonchev–Trinajstić information content (AvgIpc) is 2.47. The molecule has 0 amide bonds. The average molecular weight is 190 g/mol. The van der Waals surface area contributed by atoms with Gasteiger partial charge in [-0.15, -0.1) is 0 Å². The third kappa shape index (κ3) is 1.82. The molecule has 1 aliphatic heterocycles. The van der Waals surface area contributed by atoms with E-state index in [0.29, 0.717) is 6.42 Å².